The van der Waals surface area contributed by atoms with Gasteiger partial charge in [-0.3, -0.25) is 0 Å². The highest BCUT2D eigenvalue weighted by atomic mass is 15.3. The van der Waals surface area contributed by atoms with Crippen molar-refractivity contribution in [3.05, 3.63) is 0 Å². The molecule has 0 atom stereocenters. The van der Waals surface area contributed by atoms with Crippen molar-refractivity contribution in [2.24, 2.45) is 11.7 Å². The predicted molar refractivity (Wildman–Crippen MR) is 64.6 cm³/mol. The van der Waals surface area contributed by atoms with E-state index < -0.39 is 0 Å². The van der Waals surface area contributed by atoms with Gasteiger partial charge in [0.05, 0.1) is 26.7 Å². The van der Waals surface area contributed by atoms with Crippen LogP contribution in [0.2, 0.25) is 0 Å². The van der Waals surface area contributed by atoms with Gasteiger partial charge < -0.3 is 10.2 Å². The van der Waals surface area contributed by atoms with Gasteiger partial charge in [-0.15, -0.1) is 0 Å². The number of likely N-dealkylation sites (tertiary alicyclic amines) is 1. The van der Waals surface area contributed by atoms with Crippen molar-refractivity contribution in [2.75, 3.05) is 26.7 Å². The van der Waals surface area contributed by atoms with Gasteiger partial charge in [0, 0.05) is 12.0 Å². The summed E-state index contributed by atoms with van der Waals surface area (Å²) in [5.74, 6) is 0.966. The molecule has 0 aromatic heterocycles. The topological polar surface area (TPSA) is 26.0 Å². The molecule has 0 unspecified atom stereocenters. The largest absolute Gasteiger partial charge is 0.328 e. The minimum Gasteiger partial charge on any atom is -0.328 e. The zero-order valence-electron chi connectivity index (χ0n) is 10.3. The number of rotatable bonds is 2. The molecule has 0 bridgehead atoms. The highest BCUT2D eigenvalue weighted by Crippen LogP contribution is 2.27. The van der Waals surface area contributed by atoms with E-state index in [1.165, 1.54) is 69.1 Å². The van der Waals surface area contributed by atoms with Crippen LogP contribution in [0.3, 0.4) is 0 Å². The van der Waals surface area contributed by atoms with Gasteiger partial charge in [-0.1, -0.05) is 0 Å². The molecule has 0 spiro atoms. The monoisotopic (exact) mass is 211 g/mol. The Morgan fingerprint density at radius 3 is 2.20 bits per heavy atom. The molecule has 1 heterocycles. The Bertz CT molecular complexity index is 189. The first kappa shape index (κ1) is 11.4. The van der Waals surface area contributed by atoms with Crippen LogP contribution >= 0.6 is 0 Å². The van der Waals surface area contributed by atoms with Gasteiger partial charge in [-0.2, -0.15) is 0 Å². The van der Waals surface area contributed by atoms with Gasteiger partial charge in [0.15, 0.2) is 0 Å². The molecule has 2 N–H and O–H groups in total. The maximum atomic E-state index is 5.96. The molecule has 2 rings (SSSR count). The molecule has 0 radical (unpaired) electrons. The van der Waals surface area contributed by atoms with E-state index in [0.717, 1.165) is 5.92 Å². The van der Waals surface area contributed by atoms with Crippen molar-refractivity contribution >= 4 is 0 Å². The normalized spacial score (nSPS) is 36.4. The van der Waals surface area contributed by atoms with Crippen LogP contribution in [0.5, 0.6) is 0 Å². The van der Waals surface area contributed by atoms with Gasteiger partial charge in [0.1, 0.15) is 0 Å². The molecular weight excluding hydrogens is 184 g/mol. The first-order valence-corrected chi connectivity index (χ1v) is 6.77. The summed E-state index contributed by atoms with van der Waals surface area (Å²) in [6, 6.07) is 0.507. The van der Waals surface area contributed by atoms with E-state index in [4.69, 9.17) is 5.73 Å². The van der Waals surface area contributed by atoms with Crippen LogP contribution < -0.4 is 5.73 Å². The molecular formula is C13H27N2+. The first-order valence-electron chi connectivity index (χ1n) is 6.77. The molecule has 2 nitrogen and oxygen atoms in total. The number of hydrogen-bond donors (Lipinski definition) is 1. The summed E-state index contributed by atoms with van der Waals surface area (Å²) in [4.78, 5) is 0. The lowest BCUT2D eigenvalue weighted by molar-refractivity contribution is -0.917. The first-order chi connectivity index (χ1) is 7.18. The molecule has 1 aliphatic heterocycles. The van der Waals surface area contributed by atoms with Gasteiger partial charge in [0.2, 0.25) is 0 Å². The fraction of sp³-hybridized carbons (Fsp3) is 1.00. The second-order valence-electron chi connectivity index (χ2n) is 6.09. The van der Waals surface area contributed by atoms with Crippen molar-refractivity contribution in [1.29, 1.82) is 0 Å². The van der Waals surface area contributed by atoms with E-state index in [1.807, 2.05) is 0 Å². The van der Waals surface area contributed by atoms with Crippen LogP contribution in [0.15, 0.2) is 0 Å². The Balaban J connectivity index is 1.80. The fourth-order valence-electron chi connectivity index (χ4n) is 3.45. The molecule has 15 heavy (non-hydrogen) atoms. The Morgan fingerprint density at radius 2 is 1.60 bits per heavy atom. The summed E-state index contributed by atoms with van der Waals surface area (Å²) in [6.45, 7) is 4.26. The van der Waals surface area contributed by atoms with Crippen molar-refractivity contribution in [3.8, 4) is 0 Å². The van der Waals surface area contributed by atoms with Crippen molar-refractivity contribution in [1.82, 2.24) is 0 Å². The number of quaternary nitrogens is 1. The van der Waals surface area contributed by atoms with E-state index in [-0.39, 0.29) is 0 Å². The average molecular weight is 211 g/mol. The van der Waals surface area contributed by atoms with E-state index >= 15 is 0 Å². The maximum absolute atomic E-state index is 5.96. The van der Waals surface area contributed by atoms with Crippen molar-refractivity contribution in [2.45, 2.75) is 51.0 Å². The summed E-state index contributed by atoms with van der Waals surface area (Å²) in [5.41, 5.74) is 5.96. The Kier molecular flexibility index (Phi) is 3.68. The lowest BCUT2D eigenvalue weighted by Gasteiger charge is -2.41. The second kappa shape index (κ2) is 4.84. The maximum Gasteiger partial charge on any atom is 0.0813 e. The van der Waals surface area contributed by atoms with E-state index in [2.05, 4.69) is 7.05 Å². The summed E-state index contributed by atoms with van der Waals surface area (Å²) < 4.78 is 1.35. The Hall–Kier alpha value is -0.0800. The summed E-state index contributed by atoms with van der Waals surface area (Å²) >= 11 is 0. The minimum atomic E-state index is 0.507. The Labute approximate surface area is 94.4 Å². The summed E-state index contributed by atoms with van der Waals surface area (Å²) in [7, 11) is 2.47. The van der Waals surface area contributed by atoms with Crippen molar-refractivity contribution in [3.63, 3.8) is 0 Å². The third kappa shape index (κ3) is 3.18. The van der Waals surface area contributed by atoms with Gasteiger partial charge in [-0.05, 0) is 44.9 Å². The molecule has 2 heteroatoms. The van der Waals surface area contributed by atoms with Crippen LogP contribution in [0, 0.1) is 5.92 Å². The third-order valence-electron chi connectivity index (χ3n) is 4.49. The zero-order chi connectivity index (χ0) is 10.7. The highest BCUT2D eigenvalue weighted by Gasteiger charge is 2.30. The predicted octanol–water partition coefficient (Wildman–Crippen LogP) is 2.13. The van der Waals surface area contributed by atoms with Crippen LogP contribution in [0.4, 0.5) is 0 Å². The number of nitrogens with zero attached hydrogens (tertiary/aromatic N) is 1. The fourth-order valence-corrected chi connectivity index (χ4v) is 3.45. The quantitative estimate of drug-likeness (QED) is 0.696. The molecule has 2 fully saturated rings. The SMILES string of the molecule is C[N+]1(CC2CCC(N)CC2)CCCCC1. The Morgan fingerprint density at radius 1 is 1.00 bits per heavy atom. The molecule has 1 aliphatic carbocycles. The zero-order valence-corrected chi connectivity index (χ0v) is 10.3. The molecule has 0 aromatic rings. The lowest BCUT2D eigenvalue weighted by Crippen LogP contribution is -2.51. The van der Waals surface area contributed by atoms with Gasteiger partial charge >= 0.3 is 0 Å². The number of nitrogens with two attached hydrogens (primary N) is 1. The van der Waals surface area contributed by atoms with Crippen LogP contribution in [-0.2, 0) is 0 Å². The molecule has 1 saturated carbocycles. The smallest absolute Gasteiger partial charge is 0.0813 e. The van der Waals surface area contributed by atoms with E-state index in [0.29, 0.717) is 6.04 Å². The standard InChI is InChI=1S/C13H27N2/c1-15(9-3-2-4-10-15)11-12-5-7-13(14)8-6-12/h12-13H,2-11,14H2,1H3/q+1. The van der Waals surface area contributed by atoms with Gasteiger partial charge in [0.25, 0.3) is 0 Å². The summed E-state index contributed by atoms with van der Waals surface area (Å²) in [6.07, 6.45) is 9.66. The number of piperidine rings is 1. The van der Waals surface area contributed by atoms with Crippen molar-refractivity contribution < 1.29 is 4.48 Å². The third-order valence-corrected chi connectivity index (χ3v) is 4.49. The van der Waals surface area contributed by atoms with Crippen LogP contribution in [0.25, 0.3) is 0 Å². The molecule has 1 saturated heterocycles. The molecule has 88 valence electrons. The van der Waals surface area contributed by atoms with Gasteiger partial charge in [-0.25, -0.2) is 0 Å². The second-order valence-corrected chi connectivity index (χ2v) is 6.09. The molecule has 0 amide bonds. The van der Waals surface area contributed by atoms with Crippen LogP contribution in [0.1, 0.15) is 44.9 Å². The molecule has 2 aliphatic rings. The van der Waals surface area contributed by atoms with E-state index in [9.17, 15) is 0 Å². The lowest BCUT2D eigenvalue weighted by atomic mass is 9.85. The van der Waals surface area contributed by atoms with Crippen LogP contribution in [-0.4, -0.2) is 37.2 Å². The van der Waals surface area contributed by atoms with E-state index in [1.54, 1.807) is 0 Å². The number of hydrogen-bond acceptors (Lipinski definition) is 1. The average Bonchev–Trinajstić information content (AvgIpc) is 2.22. The molecule has 0 aromatic carbocycles. The highest BCUT2D eigenvalue weighted by molar-refractivity contribution is 4.74. The minimum absolute atomic E-state index is 0.507. The summed E-state index contributed by atoms with van der Waals surface area (Å²) in [5, 5.41) is 0.